The van der Waals surface area contributed by atoms with Gasteiger partial charge in [-0.3, -0.25) is 0 Å². The Labute approximate surface area is 157 Å². The number of nitrogens with zero attached hydrogens (tertiary/aromatic N) is 1. The molecule has 0 saturated carbocycles. The first-order valence-corrected chi connectivity index (χ1v) is 8.54. The number of fused-ring (bicyclic) bond motifs is 1. The fourth-order valence-corrected chi connectivity index (χ4v) is 2.88. The van der Waals surface area contributed by atoms with Gasteiger partial charge in [0.2, 0.25) is 5.90 Å². The van der Waals surface area contributed by atoms with E-state index in [0.717, 1.165) is 16.5 Å². The van der Waals surface area contributed by atoms with Crippen LogP contribution in [0, 0.1) is 0 Å². The number of hydrogen-bond acceptors (Lipinski definition) is 4. The Balaban J connectivity index is 1.94. The fraction of sp³-hybridized carbons (Fsp3) is 0.150. The Morgan fingerprint density at radius 1 is 1.23 bits per heavy atom. The first kappa shape index (κ1) is 18.0. The second-order valence-electron chi connectivity index (χ2n) is 6.04. The lowest BCUT2D eigenvalue weighted by Crippen LogP contribution is -2.13. The summed E-state index contributed by atoms with van der Waals surface area (Å²) in [6.07, 6.45) is 1.90. The van der Waals surface area contributed by atoms with E-state index < -0.39 is 0 Å². The summed E-state index contributed by atoms with van der Waals surface area (Å²) >= 11 is 6.29. The first-order valence-electron chi connectivity index (χ1n) is 8.17. The van der Waals surface area contributed by atoms with E-state index in [0.29, 0.717) is 22.0 Å². The number of aliphatic imine (C=N–C) groups is 1. The third-order valence-corrected chi connectivity index (χ3v) is 4.08. The number of H-pyrrole nitrogens is 1. The summed E-state index contributed by atoms with van der Waals surface area (Å²) in [5.41, 5.74) is 2.98. The molecule has 0 saturated heterocycles. The number of para-hydroxylation sites is 1. The second-order valence-corrected chi connectivity index (χ2v) is 6.45. The molecule has 0 unspecified atom stereocenters. The zero-order valence-electron chi connectivity index (χ0n) is 14.6. The van der Waals surface area contributed by atoms with Crippen LogP contribution >= 0.6 is 11.6 Å². The number of hydrogen-bond donors (Lipinski definition) is 2. The Morgan fingerprint density at radius 2 is 2.04 bits per heavy atom. The highest BCUT2D eigenvalue weighted by molar-refractivity contribution is 6.32. The lowest BCUT2D eigenvalue weighted by molar-refractivity contribution is 0.242. The van der Waals surface area contributed by atoms with Crippen LogP contribution in [-0.2, 0) is 4.84 Å². The first-order chi connectivity index (χ1) is 12.5. The number of aromatic amines is 1. The highest BCUT2D eigenvalue weighted by atomic mass is 35.5. The van der Waals surface area contributed by atoms with Gasteiger partial charge in [0.25, 0.3) is 0 Å². The lowest BCUT2D eigenvalue weighted by atomic mass is 10.1. The van der Waals surface area contributed by atoms with E-state index in [-0.39, 0.29) is 12.0 Å². The predicted octanol–water partition coefficient (Wildman–Crippen LogP) is 4.92. The zero-order valence-corrected chi connectivity index (χ0v) is 15.4. The molecule has 5 nitrogen and oxygen atoms in total. The molecule has 26 heavy (non-hydrogen) atoms. The maximum absolute atomic E-state index is 6.29. The van der Waals surface area contributed by atoms with Crippen LogP contribution in [0.2, 0.25) is 5.02 Å². The molecule has 0 spiro atoms. The smallest absolute Gasteiger partial charge is 0.245 e. The van der Waals surface area contributed by atoms with Crippen molar-refractivity contribution in [3.63, 3.8) is 0 Å². The van der Waals surface area contributed by atoms with E-state index in [4.69, 9.17) is 27.1 Å². The van der Waals surface area contributed by atoms with Gasteiger partial charge in [0.05, 0.1) is 22.3 Å². The molecule has 3 rings (SSSR count). The highest BCUT2D eigenvalue weighted by Crippen LogP contribution is 2.28. The summed E-state index contributed by atoms with van der Waals surface area (Å²) in [5.74, 6) is 6.25. The number of ether oxygens (including phenoxy) is 1. The monoisotopic (exact) mass is 369 g/mol. The van der Waals surface area contributed by atoms with E-state index in [1.165, 1.54) is 0 Å². The Kier molecular flexibility index (Phi) is 5.30. The Morgan fingerprint density at radius 3 is 2.73 bits per heavy atom. The second kappa shape index (κ2) is 7.64. The van der Waals surface area contributed by atoms with Gasteiger partial charge < -0.3 is 14.6 Å². The van der Waals surface area contributed by atoms with Crippen molar-refractivity contribution < 1.29 is 9.57 Å². The van der Waals surface area contributed by atoms with Crippen LogP contribution in [0.4, 0.5) is 0 Å². The van der Waals surface area contributed by atoms with Gasteiger partial charge >= 0.3 is 0 Å². The average molecular weight is 370 g/mol. The summed E-state index contributed by atoms with van der Waals surface area (Å²) in [4.78, 5) is 12.6. The summed E-state index contributed by atoms with van der Waals surface area (Å²) in [6, 6.07) is 13.1. The largest absolute Gasteiger partial charge is 0.489 e. The minimum Gasteiger partial charge on any atom is -0.489 e. The van der Waals surface area contributed by atoms with Gasteiger partial charge in [0.1, 0.15) is 5.75 Å². The number of rotatable bonds is 5. The van der Waals surface area contributed by atoms with Crippen LogP contribution in [0.3, 0.4) is 0 Å². The summed E-state index contributed by atoms with van der Waals surface area (Å²) < 4.78 is 5.64. The van der Waals surface area contributed by atoms with E-state index in [2.05, 4.69) is 16.6 Å². The van der Waals surface area contributed by atoms with Crippen molar-refractivity contribution in [1.82, 2.24) is 4.98 Å². The van der Waals surface area contributed by atoms with Crippen molar-refractivity contribution in [2.75, 3.05) is 0 Å². The molecule has 2 aromatic carbocycles. The van der Waals surface area contributed by atoms with Crippen LogP contribution in [0.5, 0.6) is 5.75 Å². The number of nitrogens with two attached hydrogens (primary N) is 1. The summed E-state index contributed by atoms with van der Waals surface area (Å²) in [7, 11) is 0. The van der Waals surface area contributed by atoms with Gasteiger partial charge in [-0.05, 0) is 38.1 Å². The average Bonchev–Trinajstić information content (AvgIpc) is 3.09. The minimum absolute atomic E-state index is 0.0262. The number of nitrogens with one attached hydrogen (secondary N) is 1. The Bertz CT molecular complexity index is 976. The predicted molar refractivity (Wildman–Crippen MR) is 106 cm³/mol. The van der Waals surface area contributed by atoms with Crippen molar-refractivity contribution in [2.24, 2.45) is 10.9 Å². The maximum atomic E-state index is 6.29. The zero-order chi connectivity index (χ0) is 18.7. The van der Waals surface area contributed by atoms with Gasteiger partial charge in [0.15, 0.2) is 0 Å². The number of halogens is 1. The van der Waals surface area contributed by atoms with Gasteiger partial charge in [-0.1, -0.05) is 36.4 Å². The summed E-state index contributed by atoms with van der Waals surface area (Å²) in [5, 5.41) is 1.53. The van der Waals surface area contributed by atoms with Crippen molar-refractivity contribution in [3.05, 3.63) is 71.4 Å². The molecular weight excluding hydrogens is 350 g/mol. The van der Waals surface area contributed by atoms with Crippen LogP contribution in [0.25, 0.3) is 16.6 Å². The molecule has 0 aliphatic carbocycles. The molecular formula is C20H20ClN3O2. The van der Waals surface area contributed by atoms with Crippen molar-refractivity contribution in [1.29, 1.82) is 0 Å². The Hall–Kier alpha value is -2.76. The molecule has 0 aliphatic heterocycles. The third kappa shape index (κ3) is 3.74. The molecule has 0 amide bonds. The van der Waals surface area contributed by atoms with Crippen LogP contribution < -0.4 is 10.6 Å². The molecule has 1 aromatic heterocycles. The van der Waals surface area contributed by atoms with Gasteiger partial charge in [-0.15, -0.1) is 0 Å². The molecule has 3 N–H and O–H groups in total. The van der Waals surface area contributed by atoms with Crippen molar-refractivity contribution >= 4 is 34.1 Å². The SMILES string of the molecule is C=C(/N=C(\ON)c1ccc(OC(C)C)c(Cl)c1)c1cccc2cc[nH]c12. The van der Waals surface area contributed by atoms with E-state index >= 15 is 0 Å². The third-order valence-electron chi connectivity index (χ3n) is 3.79. The van der Waals surface area contributed by atoms with Crippen molar-refractivity contribution in [3.8, 4) is 5.75 Å². The quantitative estimate of drug-likeness (QED) is 0.381. The normalized spacial score (nSPS) is 11.8. The minimum atomic E-state index is 0.0262. The highest BCUT2D eigenvalue weighted by Gasteiger charge is 2.12. The maximum Gasteiger partial charge on any atom is 0.245 e. The standard InChI is InChI=1S/C20H20ClN3O2/c1-12(2)25-18-8-7-15(11-17(18)21)20(26-22)24-13(3)16-6-4-5-14-9-10-23-19(14)16/h4-12,23H,3,22H2,1-2H3/b24-20-. The topological polar surface area (TPSA) is 72.6 Å². The molecule has 0 radical (unpaired) electrons. The van der Waals surface area contributed by atoms with E-state index in [1.807, 2.05) is 44.3 Å². The van der Waals surface area contributed by atoms with Gasteiger partial charge in [-0.2, -0.15) is 5.90 Å². The van der Waals surface area contributed by atoms with Crippen molar-refractivity contribution in [2.45, 2.75) is 20.0 Å². The fourth-order valence-electron chi connectivity index (χ4n) is 2.65. The van der Waals surface area contributed by atoms with Crippen LogP contribution in [0.1, 0.15) is 25.0 Å². The molecule has 3 aromatic rings. The molecule has 0 bridgehead atoms. The number of benzene rings is 2. The molecule has 6 heteroatoms. The summed E-state index contributed by atoms with van der Waals surface area (Å²) in [6.45, 7) is 7.92. The molecule has 0 atom stereocenters. The van der Waals surface area contributed by atoms with Crippen LogP contribution in [0.15, 0.2) is 60.2 Å². The molecule has 134 valence electrons. The van der Waals surface area contributed by atoms with E-state index in [1.54, 1.807) is 18.2 Å². The molecule has 1 heterocycles. The van der Waals surface area contributed by atoms with Crippen LogP contribution in [-0.4, -0.2) is 17.0 Å². The van der Waals surface area contributed by atoms with Gasteiger partial charge in [0, 0.05) is 22.7 Å². The lowest BCUT2D eigenvalue weighted by Gasteiger charge is -2.13. The number of aromatic nitrogens is 1. The molecule has 0 fully saturated rings. The van der Waals surface area contributed by atoms with E-state index in [9.17, 15) is 0 Å². The van der Waals surface area contributed by atoms with Gasteiger partial charge in [-0.25, -0.2) is 4.99 Å². The molecule has 0 aliphatic rings.